The summed E-state index contributed by atoms with van der Waals surface area (Å²) in [4.78, 5) is 11.9. The molecular weight excluding hydrogens is 200 g/mol. The Kier molecular flexibility index (Phi) is 3.32. The van der Waals surface area contributed by atoms with Gasteiger partial charge in [0.05, 0.1) is 6.10 Å². The third-order valence-corrected chi connectivity index (χ3v) is 2.68. The number of carbonyl (C=O) groups excluding carboxylic acids is 1. The third-order valence-electron chi connectivity index (χ3n) is 2.68. The van der Waals surface area contributed by atoms with Crippen LogP contribution in [0.15, 0.2) is 54.1 Å². The summed E-state index contributed by atoms with van der Waals surface area (Å²) in [5.41, 5.74) is 1.78. The Hall–Kier alpha value is -1.67. The number of ketones is 1. The number of benzene rings is 1. The molecule has 16 heavy (non-hydrogen) atoms. The van der Waals surface area contributed by atoms with Crippen LogP contribution in [-0.2, 0) is 4.74 Å². The van der Waals surface area contributed by atoms with Gasteiger partial charge in [-0.15, -0.1) is 0 Å². The summed E-state index contributed by atoms with van der Waals surface area (Å²) in [6.45, 7) is 0. The number of rotatable bonds is 4. The Labute approximate surface area is 95.2 Å². The van der Waals surface area contributed by atoms with E-state index in [0.29, 0.717) is 6.42 Å². The maximum atomic E-state index is 11.9. The molecule has 0 bridgehead atoms. The Morgan fingerprint density at radius 2 is 2.06 bits per heavy atom. The fraction of sp³-hybridized carbons (Fsp3) is 0.214. The van der Waals surface area contributed by atoms with Gasteiger partial charge in [-0.2, -0.15) is 0 Å². The van der Waals surface area contributed by atoms with Gasteiger partial charge in [0.2, 0.25) is 0 Å². The van der Waals surface area contributed by atoms with E-state index in [4.69, 9.17) is 4.74 Å². The molecule has 0 aliphatic heterocycles. The van der Waals surface area contributed by atoms with Crippen molar-refractivity contribution in [1.29, 1.82) is 0 Å². The highest BCUT2D eigenvalue weighted by molar-refractivity contribution is 5.97. The minimum atomic E-state index is -0.0346. The first-order valence-corrected chi connectivity index (χ1v) is 5.29. The predicted molar refractivity (Wildman–Crippen MR) is 63.4 cm³/mol. The van der Waals surface area contributed by atoms with E-state index < -0.39 is 0 Å². The molecule has 0 spiro atoms. The van der Waals surface area contributed by atoms with Gasteiger partial charge in [-0.25, -0.2) is 0 Å². The van der Waals surface area contributed by atoms with Crippen LogP contribution in [0.4, 0.5) is 0 Å². The minimum absolute atomic E-state index is 0.0346. The highest BCUT2D eigenvalue weighted by atomic mass is 16.5. The van der Waals surface area contributed by atoms with Crippen LogP contribution in [0, 0.1) is 0 Å². The molecular formula is C14H14O2. The first-order valence-electron chi connectivity index (χ1n) is 5.29. The maximum absolute atomic E-state index is 11.9. The molecule has 0 heterocycles. The molecule has 1 unspecified atom stereocenters. The summed E-state index contributed by atoms with van der Waals surface area (Å²) in [6.07, 6.45) is 6.23. The zero-order valence-electron chi connectivity index (χ0n) is 9.22. The van der Waals surface area contributed by atoms with E-state index in [0.717, 1.165) is 11.1 Å². The molecule has 1 aromatic carbocycles. The number of allylic oxidation sites excluding steroid dienone is 2. The molecule has 0 fully saturated rings. The van der Waals surface area contributed by atoms with Gasteiger partial charge in [-0.3, -0.25) is 4.79 Å². The van der Waals surface area contributed by atoms with Gasteiger partial charge >= 0.3 is 0 Å². The highest BCUT2D eigenvalue weighted by Crippen LogP contribution is 2.20. The lowest BCUT2D eigenvalue weighted by Crippen LogP contribution is -2.11. The second-order valence-electron chi connectivity index (χ2n) is 3.75. The van der Waals surface area contributed by atoms with E-state index in [9.17, 15) is 4.79 Å². The zero-order valence-corrected chi connectivity index (χ0v) is 9.22. The quantitative estimate of drug-likeness (QED) is 0.720. The number of hydrogen-bond donors (Lipinski definition) is 0. The summed E-state index contributed by atoms with van der Waals surface area (Å²) in [7, 11) is 1.65. The van der Waals surface area contributed by atoms with Crippen LogP contribution in [0.5, 0.6) is 0 Å². The van der Waals surface area contributed by atoms with Gasteiger partial charge in [0, 0.05) is 19.1 Å². The first-order chi connectivity index (χ1) is 7.81. The monoisotopic (exact) mass is 214 g/mol. The fourth-order valence-corrected chi connectivity index (χ4v) is 1.80. The smallest absolute Gasteiger partial charge is 0.167 e. The molecule has 0 saturated carbocycles. The third kappa shape index (κ3) is 2.28. The van der Waals surface area contributed by atoms with Crippen LogP contribution in [0.25, 0.3) is 0 Å². The van der Waals surface area contributed by atoms with Crippen LogP contribution in [-0.4, -0.2) is 19.0 Å². The average Bonchev–Trinajstić information content (AvgIpc) is 2.77. The van der Waals surface area contributed by atoms with Crippen LogP contribution in [0.2, 0.25) is 0 Å². The van der Waals surface area contributed by atoms with Gasteiger partial charge in [0.15, 0.2) is 5.78 Å². The number of ether oxygens (including phenoxy) is 1. The van der Waals surface area contributed by atoms with Crippen molar-refractivity contribution in [3.8, 4) is 0 Å². The number of Topliss-reactive ketones (excluding diaryl/α,β-unsaturated/α-hetero) is 1. The van der Waals surface area contributed by atoms with E-state index >= 15 is 0 Å². The average molecular weight is 214 g/mol. The lowest BCUT2D eigenvalue weighted by molar-refractivity contribution is 0.0978. The molecule has 0 N–H and O–H groups in total. The van der Waals surface area contributed by atoms with Crippen LogP contribution >= 0.6 is 0 Å². The Balaban J connectivity index is 2.04. The summed E-state index contributed by atoms with van der Waals surface area (Å²) >= 11 is 0. The lowest BCUT2D eigenvalue weighted by atomic mass is 10.0. The highest BCUT2D eigenvalue weighted by Gasteiger charge is 2.17. The SMILES string of the molecule is COC1C=CC=C1CC(=O)c1ccccc1. The zero-order chi connectivity index (χ0) is 11.4. The summed E-state index contributed by atoms with van der Waals surface area (Å²) in [6, 6.07) is 9.34. The molecule has 0 saturated heterocycles. The van der Waals surface area contributed by atoms with Crippen LogP contribution < -0.4 is 0 Å². The van der Waals surface area contributed by atoms with Gasteiger partial charge in [0.25, 0.3) is 0 Å². The topological polar surface area (TPSA) is 26.3 Å². The van der Waals surface area contributed by atoms with Crippen molar-refractivity contribution in [1.82, 2.24) is 0 Å². The lowest BCUT2D eigenvalue weighted by Gasteiger charge is -2.11. The van der Waals surface area contributed by atoms with Crippen LogP contribution in [0.1, 0.15) is 16.8 Å². The fourth-order valence-electron chi connectivity index (χ4n) is 1.80. The second kappa shape index (κ2) is 4.90. The van der Waals surface area contributed by atoms with Gasteiger partial charge < -0.3 is 4.74 Å². The van der Waals surface area contributed by atoms with Crippen molar-refractivity contribution in [2.75, 3.05) is 7.11 Å². The van der Waals surface area contributed by atoms with Gasteiger partial charge in [0.1, 0.15) is 0 Å². The number of hydrogen-bond acceptors (Lipinski definition) is 2. The van der Waals surface area contributed by atoms with Crippen molar-refractivity contribution in [2.24, 2.45) is 0 Å². The summed E-state index contributed by atoms with van der Waals surface area (Å²) in [5.74, 6) is 0.137. The standard InChI is InChI=1S/C14H14O2/c1-16-14-9-5-8-12(14)10-13(15)11-6-3-2-4-7-11/h2-9,14H,10H2,1H3. The molecule has 1 aromatic rings. The maximum Gasteiger partial charge on any atom is 0.167 e. The summed E-state index contributed by atoms with van der Waals surface area (Å²) < 4.78 is 5.25. The molecule has 2 heteroatoms. The Bertz CT molecular complexity index is 429. The molecule has 82 valence electrons. The van der Waals surface area contributed by atoms with Crippen molar-refractivity contribution in [2.45, 2.75) is 12.5 Å². The summed E-state index contributed by atoms with van der Waals surface area (Å²) in [5, 5.41) is 0. The number of methoxy groups -OCH3 is 1. The first kappa shape index (κ1) is 10.8. The van der Waals surface area contributed by atoms with Crippen molar-refractivity contribution in [3.05, 3.63) is 59.7 Å². The van der Waals surface area contributed by atoms with Crippen molar-refractivity contribution < 1.29 is 9.53 Å². The van der Waals surface area contributed by atoms with Crippen LogP contribution in [0.3, 0.4) is 0 Å². The van der Waals surface area contributed by atoms with E-state index in [1.165, 1.54) is 0 Å². The van der Waals surface area contributed by atoms with E-state index in [1.807, 2.05) is 48.6 Å². The molecule has 2 rings (SSSR count). The van der Waals surface area contributed by atoms with Crippen molar-refractivity contribution in [3.63, 3.8) is 0 Å². The molecule has 0 amide bonds. The molecule has 2 nitrogen and oxygen atoms in total. The molecule has 1 atom stereocenters. The second-order valence-corrected chi connectivity index (χ2v) is 3.75. The van der Waals surface area contributed by atoms with Crippen molar-refractivity contribution >= 4 is 5.78 Å². The van der Waals surface area contributed by atoms with E-state index in [2.05, 4.69) is 0 Å². The Morgan fingerprint density at radius 3 is 2.75 bits per heavy atom. The largest absolute Gasteiger partial charge is 0.373 e. The molecule has 0 radical (unpaired) electrons. The molecule has 1 aliphatic carbocycles. The van der Waals surface area contributed by atoms with E-state index in [1.54, 1.807) is 7.11 Å². The normalized spacial score (nSPS) is 18.6. The molecule has 1 aliphatic rings. The van der Waals surface area contributed by atoms with Gasteiger partial charge in [-0.05, 0) is 5.57 Å². The minimum Gasteiger partial charge on any atom is -0.373 e. The Morgan fingerprint density at radius 1 is 1.31 bits per heavy atom. The number of carbonyl (C=O) groups is 1. The molecule has 0 aromatic heterocycles. The predicted octanol–water partition coefficient (Wildman–Crippen LogP) is 2.77. The van der Waals surface area contributed by atoms with E-state index in [-0.39, 0.29) is 11.9 Å². The van der Waals surface area contributed by atoms with Gasteiger partial charge in [-0.1, -0.05) is 48.6 Å².